The van der Waals surface area contributed by atoms with E-state index in [9.17, 15) is 5.11 Å². The molecule has 0 saturated carbocycles. The second kappa shape index (κ2) is 9.69. The number of guanidine groups is 1. The molecule has 0 amide bonds. The zero-order chi connectivity index (χ0) is 18.9. The summed E-state index contributed by atoms with van der Waals surface area (Å²) in [5.74, 6) is 0.700. The van der Waals surface area contributed by atoms with Crippen LogP contribution in [0.15, 0.2) is 71.9 Å². The molecule has 1 atom stereocenters. The second-order valence-electron chi connectivity index (χ2n) is 6.41. The van der Waals surface area contributed by atoms with E-state index in [4.69, 9.17) is 0 Å². The Labute approximate surface area is 160 Å². The van der Waals surface area contributed by atoms with Gasteiger partial charge in [-0.1, -0.05) is 48.5 Å². The van der Waals surface area contributed by atoms with Crippen LogP contribution in [0.4, 0.5) is 0 Å². The number of aliphatic imine (C=N–C) groups is 1. The summed E-state index contributed by atoms with van der Waals surface area (Å²) in [6.07, 6.45) is 1.96. The number of aliphatic hydroxyl groups excluding tert-OH is 1. The Morgan fingerprint density at radius 3 is 2.63 bits per heavy atom. The molecule has 0 aliphatic carbocycles. The fourth-order valence-electron chi connectivity index (χ4n) is 2.97. The average molecular weight is 362 g/mol. The highest BCUT2D eigenvalue weighted by atomic mass is 16.3. The van der Waals surface area contributed by atoms with E-state index < -0.39 is 6.10 Å². The molecule has 1 heterocycles. The highest BCUT2D eigenvalue weighted by molar-refractivity contribution is 5.83. The number of fused-ring (bicyclic) bond motifs is 1. The van der Waals surface area contributed by atoms with Gasteiger partial charge in [0.15, 0.2) is 5.96 Å². The zero-order valence-corrected chi connectivity index (χ0v) is 15.6. The van der Waals surface area contributed by atoms with Gasteiger partial charge in [-0.15, -0.1) is 0 Å². The van der Waals surface area contributed by atoms with E-state index >= 15 is 0 Å². The monoisotopic (exact) mass is 362 g/mol. The fourth-order valence-corrected chi connectivity index (χ4v) is 2.97. The van der Waals surface area contributed by atoms with E-state index in [1.165, 1.54) is 0 Å². The summed E-state index contributed by atoms with van der Waals surface area (Å²) in [6.45, 7) is 3.78. The van der Waals surface area contributed by atoms with Crippen LogP contribution in [0.5, 0.6) is 0 Å². The lowest BCUT2D eigenvalue weighted by Gasteiger charge is -2.15. The Bertz CT molecular complexity index is 874. The summed E-state index contributed by atoms with van der Waals surface area (Å²) in [5.41, 5.74) is 3.22. The van der Waals surface area contributed by atoms with Gasteiger partial charge < -0.3 is 15.7 Å². The quantitative estimate of drug-likeness (QED) is 0.446. The third-order valence-electron chi connectivity index (χ3n) is 4.31. The van der Waals surface area contributed by atoms with Gasteiger partial charge in [0.05, 0.1) is 18.2 Å². The molecule has 0 bridgehead atoms. The molecule has 0 aliphatic heterocycles. The number of para-hydroxylation sites is 1. The van der Waals surface area contributed by atoms with Crippen molar-refractivity contribution in [3.8, 4) is 0 Å². The summed E-state index contributed by atoms with van der Waals surface area (Å²) in [5, 5.41) is 17.9. The van der Waals surface area contributed by atoms with Crippen molar-refractivity contribution < 1.29 is 5.11 Å². The molecule has 0 aliphatic rings. The van der Waals surface area contributed by atoms with Gasteiger partial charge in [-0.3, -0.25) is 4.98 Å². The molecule has 0 saturated heterocycles. The van der Waals surface area contributed by atoms with Crippen LogP contribution in [0.2, 0.25) is 0 Å². The van der Waals surface area contributed by atoms with Crippen molar-refractivity contribution in [3.05, 3.63) is 78.0 Å². The summed E-state index contributed by atoms with van der Waals surface area (Å²) < 4.78 is 0. The summed E-state index contributed by atoms with van der Waals surface area (Å²) in [6, 6.07) is 20.1. The van der Waals surface area contributed by atoms with E-state index in [2.05, 4.69) is 26.7 Å². The lowest BCUT2D eigenvalue weighted by Crippen LogP contribution is -2.41. The lowest BCUT2D eigenvalue weighted by molar-refractivity contribution is 0.177. The molecule has 0 spiro atoms. The number of hydrogen-bond acceptors (Lipinski definition) is 3. The first-order chi connectivity index (χ1) is 13.3. The predicted molar refractivity (Wildman–Crippen MR) is 111 cm³/mol. The number of nitrogens with one attached hydrogen (secondary N) is 2. The van der Waals surface area contributed by atoms with Crippen LogP contribution in [0.3, 0.4) is 0 Å². The van der Waals surface area contributed by atoms with Crippen LogP contribution >= 0.6 is 0 Å². The molecule has 3 N–H and O–H groups in total. The minimum absolute atomic E-state index is 0.442. The van der Waals surface area contributed by atoms with Crippen molar-refractivity contribution >= 4 is 16.9 Å². The predicted octanol–water partition coefficient (Wildman–Crippen LogP) is 2.89. The smallest absolute Gasteiger partial charge is 0.191 e. The molecule has 0 radical (unpaired) electrons. The SMILES string of the molecule is CCNC(=NCc1ccnc2ccccc12)NCC(O)Cc1ccccc1. The minimum Gasteiger partial charge on any atom is -0.391 e. The van der Waals surface area contributed by atoms with Crippen molar-refractivity contribution in [3.63, 3.8) is 0 Å². The van der Waals surface area contributed by atoms with Crippen LogP contribution < -0.4 is 10.6 Å². The number of pyridine rings is 1. The Morgan fingerprint density at radius 1 is 1.04 bits per heavy atom. The molecule has 3 aromatic rings. The molecule has 27 heavy (non-hydrogen) atoms. The maximum Gasteiger partial charge on any atom is 0.191 e. The molecule has 5 heteroatoms. The van der Waals surface area contributed by atoms with Crippen LogP contribution in [0.25, 0.3) is 10.9 Å². The topological polar surface area (TPSA) is 69.5 Å². The Hall–Kier alpha value is -2.92. The van der Waals surface area contributed by atoms with E-state index in [-0.39, 0.29) is 0 Å². The Balaban J connectivity index is 1.62. The fraction of sp³-hybridized carbons (Fsp3) is 0.273. The normalized spacial score (nSPS) is 12.7. The maximum atomic E-state index is 10.3. The number of benzene rings is 2. The molecular formula is C22H26N4O. The van der Waals surface area contributed by atoms with E-state index in [1.54, 1.807) is 0 Å². The first-order valence-electron chi connectivity index (χ1n) is 9.33. The average Bonchev–Trinajstić information content (AvgIpc) is 2.71. The van der Waals surface area contributed by atoms with Gasteiger partial charge in [0.2, 0.25) is 0 Å². The molecule has 3 rings (SSSR count). The van der Waals surface area contributed by atoms with Crippen LogP contribution in [0.1, 0.15) is 18.1 Å². The highest BCUT2D eigenvalue weighted by Crippen LogP contribution is 2.16. The van der Waals surface area contributed by atoms with Crippen molar-refractivity contribution in [2.45, 2.75) is 26.0 Å². The Kier molecular flexibility index (Phi) is 6.77. The zero-order valence-electron chi connectivity index (χ0n) is 15.6. The summed E-state index contributed by atoms with van der Waals surface area (Å²) >= 11 is 0. The Morgan fingerprint density at radius 2 is 1.81 bits per heavy atom. The van der Waals surface area contributed by atoms with Crippen molar-refractivity contribution in [2.24, 2.45) is 4.99 Å². The van der Waals surface area contributed by atoms with Crippen LogP contribution in [0, 0.1) is 0 Å². The van der Waals surface area contributed by atoms with E-state index in [0.29, 0.717) is 25.5 Å². The number of aliphatic hydroxyl groups is 1. The van der Waals surface area contributed by atoms with Gasteiger partial charge >= 0.3 is 0 Å². The number of hydrogen-bond donors (Lipinski definition) is 3. The van der Waals surface area contributed by atoms with Crippen LogP contribution in [-0.2, 0) is 13.0 Å². The van der Waals surface area contributed by atoms with Gasteiger partial charge in [0, 0.05) is 31.1 Å². The van der Waals surface area contributed by atoms with Crippen molar-refractivity contribution in [1.82, 2.24) is 15.6 Å². The maximum absolute atomic E-state index is 10.3. The van der Waals surface area contributed by atoms with Crippen molar-refractivity contribution in [1.29, 1.82) is 0 Å². The first-order valence-corrected chi connectivity index (χ1v) is 9.33. The van der Waals surface area contributed by atoms with Crippen LogP contribution in [-0.4, -0.2) is 35.2 Å². The summed E-state index contributed by atoms with van der Waals surface area (Å²) in [4.78, 5) is 9.06. The lowest BCUT2D eigenvalue weighted by atomic mass is 10.1. The largest absolute Gasteiger partial charge is 0.391 e. The van der Waals surface area contributed by atoms with Gasteiger partial charge in [0.1, 0.15) is 0 Å². The summed E-state index contributed by atoms with van der Waals surface area (Å²) in [7, 11) is 0. The van der Waals surface area contributed by atoms with Crippen molar-refractivity contribution in [2.75, 3.05) is 13.1 Å². The van der Waals surface area contributed by atoms with Gasteiger partial charge in [-0.05, 0) is 30.2 Å². The first kappa shape index (κ1) is 18.9. The second-order valence-corrected chi connectivity index (χ2v) is 6.41. The van der Waals surface area contributed by atoms with Gasteiger partial charge in [-0.25, -0.2) is 4.99 Å². The standard InChI is InChI=1S/C22H26N4O/c1-2-23-22(26-16-19(27)14-17-8-4-3-5-9-17)25-15-18-12-13-24-21-11-7-6-10-20(18)21/h3-13,19,27H,2,14-16H2,1H3,(H2,23,25,26). The third-order valence-corrected chi connectivity index (χ3v) is 4.31. The van der Waals surface area contributed by atoms with Gasteiger partial charge in [-0.2, -0.15) is 0 Å². The molecule has 1 unspecified atom stereocenters. The van der Waals surface area contributed by atoms with E-state index in [0.717, 1.165) is 28.6 Å². The molecule has 140 valence electrons. The molecule has 2 aromatic carbocycles. The third kappa shape index (κ3) is 5.53. The minimum atomic E-state index is -0.474. The number of nitrogens with zero attached hydrogens (tertiary/aromatic N) is 2. The number of aromatic nitrogens is 1. The van der Waals surface area contributed by atoms with E-state index in [1.807, 2.05) is 67.7 Å². The molecule has 5 nitrogen and oxygen atoms in total. The molecule has 0 fully saturated rings. The molecular weight excluding hydrogens is 336 g/mol. The van der Waals surface area contributed by atoms with Gasteiger partial charge in [0.25, 0.3) is 0 Å². The molecule has 1 aromatic heterocycles. The number of rotatable bonds is 7. The highest BCUT2D eigenvalue weighted by Gasteiger charge is 2.07.